The van der Waals surface area contributed by atoms with Gasteiger partial charge in [0.2, 0.25) is 11.8 Å². The maximum atomic E-state index is 12.7. The highest BCUT2D eigenvalue weighted by Gasteiger charge is 2.20. The molecule has 146 valence electrons. The molecule has 0 aliphatic rings. The van der Waals surface area contributed by atoms with Crippen LogP contribution < -0.4 is 5.32 Å². The number of para-hydroxylation sites is 1. The van der Waals surface area contributed by atoms with Gasteiger partial charge < -0.3 is 9.73 Å². The molecule has 1 heterocycles. The summed E-state index contributed by atoms with van der Waals surface area (Å²) in [4.78, 5) is 12.7. The third-order valence-corrected chi connectivity index (χ3v) is 5.69. The number of hydrogen-bond donors (Lipinski definition) is 1. The molecule has 0 aliphatic carbocycles. The van der Waals surface area contributed by atoms with Crippen LogP contribution in [0.25, 0.3) is 11.5 Å². The van der Waals surface area contributed by atoms with Gasteiger partial charge in [-0.3, -0.25) is 4.79 Å². The Morgan fingerprint density at radius 3 is 2.57 bits per heavy atom. The fourth-order valence-corrected chi connectivity index (χ4v) is 3.48. The first-order valence-corrected chi connectivity index (χ1v) is 10.4. The number of hydrogen-bond acceptors (Lipinski definition) is 5. The summed E-state index contributed by atoms with van der Waals surface area (Å²) in [7, 11) is 0. The van der Waals surface area contributed by atoms with Crippen LogP contribution in [0.2, 0.25) is 5.02 Å². The first-order chi connectivity index (χ1) is 13.5. The van der Waals surface area contributed by atoms with Crippen molar-refractivity contribution in [2.45, 2.75) is 43.6 Å². The second kappa shape index (κ2) is 9.26. The summed E-state index contributed by atoms with van der Waals surface area (Å²) in [6.07, 6.45) is 1.01. The molecule has 0 fully saturated rings. The van der Waals surface area contributed by atoms with E-state index in [2.05, 4.69) is 35.4 Å². The summed E-state index contributed by atoms with van der Waals surface area (Å²) in [5, 5.41) is 11.7. The van der Waals surface area contributed by atoms with Crippen molar-refractivity contribution in [2.24, 2.45) is 0 Å². The molecule has 1 aromatic heterocycles. The number of nitrogens with one attached hydrogen (secondary N) is 1. The third kappa shape index (κ3) is 4.94. The van der Waals surface area contributed by atoms with Gasteiger partial charge in [-0.25, -0.2) is 0 Å². The van der Waals surface area contributed by atoms with E-state index < -0.39 is 0 Å². The standard InChI is InChI=1S/C21H22ClN3O2S/c1-4-13(2)17-7-5-6-8-18(17)23-19(26)14(3)28-21-25-24-20(27-21)15-9-11-16(22)12-10-15/h5-14H,4H2,1-3H3,(H,23,26)/t13-,14+/m0/s1. The number of aromatic nitrogens is 2. The van der Waals surface area contributed by atoms with Crippen molar-refractivity contribution in [3.05, 3.63) is 59.1 Å². The largest absolute Gasteiger partial charge is 0.411 e. The fourth-order valence-electron chi connectivity index (χ4n) is 2.67. The minimum absolute atomic E-state index is 0.105. The van der Waals surface area contributed by atoms with Crippen molar-refractivity contribution in [3.63, 3.8) is 0 Å². The zero-order valence-electron chi connectivity index (χ0n) is 16.0. The highest BCUT2D eigenvalue weighted by atomic mass is 35.5. The second-order valence-electron chi connectivity index (χ2n) is 6.53. The Bertz CT molecular complexity index is 943. The zero-order chi connectivity index (χ0) is 20.1. The van der Waals surface area contributed by atoms with Gasteiger partial charge in [0.1, 0.15) is 0 Å². The van der Waals surface area contributed by atoms with E-state index in [0.29, 0.717) is 22.1 Å². The topological polar surface area (TPSA) is 68.0 Å². The van der Waals surface area contributed by atoms with Crippen molar-refractivity contribution in [1.82, 2.24) is 10.2 Å². The van der Waals surface area contributed by atoms with Gasteiger partial charge in [-0.2, -0.15) is 0 Å². The Balaban J connectivity index is 1.66. The normalized spacial score (nSPS) is 13.1. The van der Waals surface area contributed by atoms with E-state index in [1.807, 2.05) is 37.3 Å². The van der Waals surface area contributed by atoms with Gasteiger partial charge >= 0.3 is 0 Å². The van der Waals surface area contributed by atoms with Gasteiger partial charge in [0.15, 0.2) is 0 Å². The van der Waals surface area contributed by atoms with Crippen LogP contribution in [-0.2, 0) is 4.79 Å². The Morgan fingerprint density at radius 2 is 1.86 bits per heavy atom. The molecule has 0 unspecified atom stereocenters. The average molecular weight is 416 g/mol. The van der Waals surface area contributed by atoms with Gasteiger partial charge in [-0.05, 0) is 55.2 Å². The van der Waals surface area contributed by atoms with Crippen LogP contribution in [0.3, 0.4) is 0 Å². The lowest BCUT2D eigenvalue weighted by molar-refractivity contribution is -0.115. The van der Waals surface area contributed by atoms with Crippen LogP contribution >= 0.6 is 23.4 Å². The molecule has 0 bridgehead atoms. The lowest BCUT2D eigenvalue weighted by Gasteiger charge is -2.17. The van der Waals surface area contributed by atoms with Crippen LogP contribution in [-0.4, -0.2) is 21.4 Å². The van der Waals surface area contributed by atoms with Crippen LogP contribution in [0.5, 0.6) is 0 Å². The minimum atomic E-state index is -0.386. The third-order valence-electron chi connectivity index (χ3n) is 4.51. The number of amides is 1. The molecule has 28 heavy (non-hydrogen) atoms. The molecule has 0 saturated heterocycles. The summed E-state index contributed by atoms with van der Waals surface area (Å²) in [6, 6.07) is 15.1. The van der Waals surface area contributed by atoms with Crippen LogP contribution in [0.4, 0.5) is 5.69 Å². The molecule has 0 spiro atoms. The van der Waals surface area contributed by atoms with Gasteiger partial charge in [-0.15, -0.1) is 10.2 Å². The first-order valence-electron chi connectivity index (χ1n) is 9.13. The Kier molecular flexibility index (Phi) is 6.75. The highest BCUT2D eigenvalue weighted by molar-refractivity contribution is 8.00. The maximum absolute atomic E-state index is 12.7. The zero-order valence-corrected chi connectivity index (χ0v) is 17.6. The number of halogens is 1. The average Bonchev–Trinajstić information content (AvgIpc) is 3.16. The number of rotatable bonds is 7. The predicted octanol–water partition coefficient (Wildman–Crippen LogP) is 6.02. The minimum Gasteiger partial charge on any atom is -0.411 e. The summed E-state index contributed by atoms with van der Waals surface area (Å²) in [6.45, 7) is 6.10. The molecule has 3 rings (SSSR count). The lowest BCUT2D eigenvalue weighted by atomic mass is 9.97. The molecule has 2 aromatic carbocycles. The SMILES string of the molecule is CC[C@H](C)c1ccccc1NC(=O)[C@@H](C)Sc1nnc(-c2ccc(Cl)cc2)o1. The summed E-state index contributed by atoms with van der Waals surface area (Å²) in [5.41, 5.74) is 2.77. The molecule has 0 saturated carbocycles. The van der Waals surface area contributed by atoms with E-state index in [1.165, 1.54) is 11.8 Å². The Hall–Kier alpha value is -2.31. The quantitative estimate of drug-likeness (QED) is 0.477. The summed E-state index contributed by atoms with van der Waals surface area (Å²) in [5.74, 6) is 0.665. The number of carbonyl (C=O) groups is 1. The summed E-state index contributed by atoms with van der Waals surface area (Å²) >= 11 is 7.13. The molecular formula is C21H22ClN3O2S. The summed E-state index contributed by atoms with van der Waals surface area (Å²) < 4.78 is 5.68. The van der Waals surface area contributed by atoms with Gasteiger partial charge in [-0.1, -0.05) is 55.4 Å². The van der Waals surface area contributed by atoms with Gasteiger partial charge in [0, 0.05) is 16.3 Å². The van der Waals surface area contributed by atoms with Crippen LogP contribution in [0.15, 0.2) is 58.2 Å². The van der Waals surface area contributed by atoms with Crippen LogP contribution in [0.1, 0.15) is 38.7 Å². The maximum Gasteiger partial charge on any atom is 0.277 e. The van der Waals surface area contributed by atoms with Crippen molar-refractivity contribution in [1.29, 1.82) is 0 Å². The molecular weight excluding hydrogens is 394 g/mol. The number of nitrogens with zero attached hydrogens (tertiary/aromatic N) is 2. The van der Waals surface area contributed by atoms with Gasteiger partial charge in [0.25, 0.3) is 5.22 Å². The van der Waals surface area contributed by atoms with Crippen molar-refractivity contribution in [2.75, 3.05) is 5.32 Å². The van der Waals surface area contributed by atoms with E-state index >= 15 is 0 Å². The number of thioether (sulfide) groups is 1. The molecule has 5 nitrogen and oxygen atoms in total. The van der Waals surface area contributed by atoms with E-state index in [1.54, 1.807) is 12.1 Å². The first kappa shape index (κ1) is 20.4. The second-order valence-corrected chi connectivity index (χ2v) is 8.25. The Labute approximate surface area is 173 Å². The molecule has 2 atom stereocenters. The van der Waals surface area contributed by atoms with E-state index in [9.17, 15) is 4.79 Å². The Morgan fingerprint density at radius 1 is 1.14 bits per heavy atom. The molecule has 1 amide bonds. The lowest BCUT2D eigenvalue weighted by Crippen LogP contribution is -2.23. The van der Waals surface area contributed by atoms with E-state index in [-0.39, 0.29) is 11.2 Å². The molecule has 3 aromatic rings. The van der Waals surface area contributed by atoms with Crippen molar-refractivity contribution >= 4 is 35.0 Å². The predicted molar refractivity (Wildman–Crippen MR) is 114 cm³/mol. The molecule has 0 aliphatic heterocycles. The number of anilines is 1. The van der Waals surface area contributed by atoms with E-state index in [4.69, 9.17) is 16.0 Å². The smallest absolute Gasteiger partial charge is 0.277 e. The van der Waals surface area contributed by atoms with Crippen LogP contribution in [0, 0.1) is 0 Å². The molecule has 7 heteroatoms. The number of benzene rings is 2. The fraction of sp³-hybridized carbons (Fsp3) is 0.286. The molecule has 1 N–H and O–H groups in total. The highest BCUT2D eigenvalue weighted by Crippen LogP contribution is 2.29. The van der Waals surface area contributed by atoms with Gasteiger partial charge in [0.05, 0.1) is 5.25 Å². The van der Waals surface area contributed by atoms with Crippen molar-refractivity contribution < 1.29 is 9.21 Å². The van der Waals surface area contributed by atoms with E-state index in [0.717, 1.165) is 23.2 Å². The monoisotopic (exact) mass is 415 g/mol. The molecule has 0 radical (unpaired) electrons. The number of carbonyl (C=O) groups excluding carboxylic acids is 1. The van der Waals surface area contributed by atoms with Crippen molar-refractivity contribution in [3.8, 4) is 11.5 Å².